The summed E-state index contributed by atoms with van der Waals surface area (Å²) in [5.74, 6) is 0. The van der Waals surface area contributed by atoms with Crippen molar-refractivity contribution < 1.29 is 0 Å². The van der Waals surface area contributed by atoms with Gasteiger partial charge < -0.3 is 10.2 Å². The zero-order valence-corrected chi connectivity index (χ0v) is 7.34. The summed E-state index contributed by atoms with van der Waals surface area (Å²) < 4.78 is 0. The predicted molar refractivity (Wildman–Crippen MR) is 48.2 cm³/mol. The molecule has 1 rings (SSSR count). The Kier molecular flexibility index (Phi) is 3.87. The maximum Gasteiger partial charge on any atom is 0.0173 e. The number of rotatable bonds is 3. The monoisotopic (exact) mass is 154 g/mol. The molecule has 11 heavy (non-hydrogen) atoms. The molecule has 1 heterocycles. The lowest BCUT2D eigenvalue weighted by atomic mass is 10.1. The normalized spacial score (nSPS) is 19.2. The van der Waals surface area contributed by atoms with Crippen LogP contribution in [0.1, 0.15) is 26.2 Å². The lowest BCUT2D eigenvalue weighted by Gasteiger charge is -2.24. The highest BCUT2D eigenvalue weighted by molar-refractivity contribution is 4.81. The standard InChI is InChI=1S/C9H18N2/c1-2-10-6-9-11-7-4-3-5-8-11/h6,9-10H,2-5,7-8H2,1H3. The Morgan fingerprint density at radius 1 is 1.27 bits per heavy atom. The maximum atomic E-state index is 3.17. The Hall–Kier alpha value is -0.660. The Morgan fingerprint density at radius 3 is 2.64 bits per heavy atom. The molecule has 0 bridgehead atoms. The molecule has 64 valence electrons. The van der Waals surface area contributed by atoms with E-state index in [1.807, 2.05) is 6.20 Å². The minimum Gasteiger partial charge on any atom is -0.390 e. The third kappa shape index (κ3) is 3.30. The summed E-state index contributed by atoms with van der Waals surface area (Å²) in [6.07, 6.45) is 8.34. The van der Waals surface area contributed by atoms with Gasteiger partial charge in [0.2, 0.25) is 0 Å². The number of hydrogen-bond donors (Lipinski definition) is 1. The second-order valence-electron chi connectivity index (χ2n) is 2.97. The summed E-state index contributed by atoms with van der Waals surface area (Å²) in [7, 11) is 0. The fraction of sp³-hybridized carbons (Fsp3) is 0.778. The van der Waals surface area contributed by atoms with Gasteiger partial charge >= 0.3 is 0 Å². The van der Waals surface area contributed by atoms with Gasteiger partial charge in [-0.3, -0.25) is 0 Å². The summed E-state index contributed by atoms with van der Waals surface area (Å²) >= 11 is 0. The van der Waals surface area contributed by atoms with E-state index >= 15 is 0 Å². The first-order chi connectivity index (χ1) is 5.43. The van der Waals surface area contributed by atoms with Crippen LogP contribution in [0.2, 0.25) is 0 Å². The molecule has 0 radical (unpaired) electrons. The van der Waals surface area contributed by atoms with Crippen LogP contribution >= 0.6 is 0 Å². The van der Waals surface area contributed by atoms with Gasteiger partial charge in [-0.2, -0.15) is 0 Å². The summed E-state index contributed by atoms with van der Waals surface area (Å²) in [5, 5.41) is 3.17. The quantitative estimate of drug-likeness (QED) is 0.663. The molecule has 1 saturated heterocycles. The highest BCUT2D eigenvalue weighted by Crippen LogP contribution is 2.07. The molecule has 0 aromatic carbocycles. The zero-order chi connectivity index (χ0) is 7.94. The molecule has 0 atom stereocenters. The summed E-state index contributed by atoms with van der Waals surface area (Å²) in [5.41, 5.74) is 0. The maximum absolute atomic E-state index is 3.17. The average Bonchev–Trinajstić information content (AvgIpc) is 2.07. The molecule has 0 amide bonds. The van der Waals surface area contributed by atoms with Crippen LogP contribution < -0.4 is 5.32 Å². The van der Waals surface area contributed by atoms with E-state index in [9.17, 15) is 0 Å². The zero-order valence-electron chi connectivity index (χ0n) is 7.34. The van der Waals surface area contributed by atoms with Gasteiger partial charge in [0.25, 0.3) is 0 Å². The van der Waals surface area contributed by atoms with E-state index in [-0.39, 0.29) is 0 Å². The van der Waals surface area contributed by atoms with Crippen molar-refractivity contribution in [2.24, 2.45) is 0 Å². The Labute approximate surface area is 69.3 Å². The van der Waals surface area contributed by atoms with Gasteiger partial charge in [0.15, 0.2) is 0 Å². The minimum absolute atomic E-state index is 1.02. The van der Waals surface area contributed by atoms with Crippen molar-refractivity contribution in [1.29, 1.82) is 0 Å². The average molecular weight is 154 g/mol. The number of nitrogens with zero attached hydrogens (tertiary/aromatic N) is 1. The molecule has 0 aliphatic carbocycles. The fourth-order valence-electron chi connectivity index (χ4n) is 1.34. The molecule has 1 fully saturated rings. The van der Waals surface area contributed by atoms with Crippen LogP contribution in [0, 0.1) is 0 Å². The van der Waals surface area contributed by atoms with Gasteiger partial charge in [0.1, 0.15) is 0 Å². The van der Waals surface area contributed by atoms with Crippen LogP contribution in [0.4, 0.5) is 0 Å². The van der Waals surface area contributed by atoms with Crippen molar-refractivity contribution in [3.63, 3.8) is 0 Å². The van der Waals surface area contributed by atoms with Crippen molar-refractivity contribution in [1.82, 2.24) is 10.2 Å². The highest BCUT2D eigenvalue weighted by Gasteiger charge is 2.03. The third-order valence-electron chi connectivity index (χ3n) is 2.00. The van der Waals surface area contributed by atoms with Gasteiger partial charge in [-0.15, -0.1) is 0 Å². The van der Waals surface area contributed by atoms with Gasteiger partial charge in [-0.05, 0) is 26.2 Å². The molecule has 0 aromatic heterocycles. The van der Waals surface area contributed by atoms with Gasteiger partial charge in [0, 0.05) is 32.0 Å². The first-order valence-corrected chi connectivity index (χ1v) is 4.57. The lowest BCUT2D eigenvalue weighted by molar-refractivity contribution is 0.308. The molecular formula is C9H18N2. The van der Waals surface area contributed by atoms with Crippen LogP contribution in [0.15, 0.2) is 12.4 Å². The summed E-state index contributed by atoms with van der Waals surface area (Å²) in [6.45, 7) is 5.61. The SMILES string of the molecule is CCNC=CN1CCCCC1. The summed E-state index contributed by atoms with van der Waals surface area (Å²) in [4.78, 5) is 2.38. The second kappa shape index (κ2) is 5.05. The van der Waals surface area contributed by atoms with Crippen molar-refractivity contribution in [3.05, 3.63) is 12.4 Å². The van der Waals surface area contributed by atoms with E-state index in [0.29, 0.717) is 0 Å². The van der Waals surface area contributed by atoms with Crippen molar-refractivity contribution in [3.8, 4) is 0 Å². The number of likely N-dealkylation sites (tertiary alicyclic amines) is 1. The Balaban J connectivity index is 2.13. The number of piperidine rings is 1. The Morgan fingerprint density at radius 2 is 2.00 bits per heavy atom. The highest BCUT2D eigenvalue weighted by atomic mass is 15.1. The molecule has 1 aliphatic heterocycles. The van der Waals surface area contributed by atoms with Crippen LogP contribution in [0.25, 0.3) is 0 Å². The lowest BCUT2D eigenvalue weighted by Crippen LogP contribution is -2.24. The van der Waals surface area contributed by atoms with Crippen LogP contribution in [0.5, 0.6) is 0 Å². The largest absolute Gasteiger partial charge is 0.390 e. The van der Waals surface area contributed by atoms with E-state index in [2.05, 4.69) is 23.3 Å². The van der Waals surface area contributed by atoms with E-state index in [1.54, 1.807) is 0 Å². The van der Waals surface area contributed by atoms with E-state index in [1.165, 1.54) is 32.4 Å². The fourth-order valence-corrected chi connectivity index (χ4v) is 1.34. The van der Waals surface area contributed by atoms with Crippen molar-refractivity contribution >= 4 is 0 Å². The first-order valence-electron chi connectivity index (χ1n) is 4.57. The predicted octanol–water partition coefficient (Wildman–Crippen LogP) is 1.55. The number of nitrogens with one attached hydrogen (secondary N) is 1. The van der Waals surface area contributed by atoms with Crippen LogP contribution in [0.3, 0.4) is 0 Å². The molecular weight excluding hydrogens is 136 g/mol. The summed E-state index contributed by atoms with van der Waals surface area (Å²) in [6, 6.07) is 0. The van der Waals surface area contributed by atoms with Gasteiger partial charge in [-0.1, -0.05) is 0 Å². The number of hydrogen-bond acceptors (Lipinski definition) is 2. The third-order valence-corrected chi connectivity index (χ3v) is 2.00. The molecule has 2 heteroatoms. The first kappa shape index (κ1) is 8.44. The van der Waals surface area contributed by atoms with E-state index in [4.69, 9.17) is 0 Å². The molecule has 0 aromatic rings. The molecule has 0 unspecified atom stereocenters. The van der Waals surface area contributed by atoms with E-state index in [0.717, 1.165) is 6.54 Å². The van der Waals surface area contributed by atoms with E-state index < -0.39 is 0 Å². The van der Waals surface area contributed by atoms with Crippen molar-refractivity contribution in [2.75, 3.05) is 19.6 Å². The van der Waals surface area contributed by atoms with Crippen LogP contribution in [-0.2, 0) is 0 Å². The molecule has 0 spiro atoms. The smallest absolute Gasteiger partial charge is 0.0173 e. The minimum atomic E-state index is 1.02. The van der Waals surface area contributed by atoms with Gasteiger partial charge in [0.05, 0.1) is 0 Å². The van der Waals surface area contributed by atoms with Crippen molar-refractivity contribution in [2.45, 2.75) is 26.2 Å². The molecule has 1 aliphatic rings. The molecule has 1 N–H and O–H groups in total. The Bertz CT molecular complexity index is 115. The topological polar surface area (TPSA) is 15.3 Å². The van der Waals surface area contributed by atoms with Gasteiger partial charge in [-0.25, -0.2) is 0 Å². The van der Waals surface area contributed by atoms with Crippen LogP contribution in [-0.4, -0.2) is 24.5 Å². The molecule has 0 saturated carbocycles. The second-order valence-corrected chi connectivity index (χ2v) is 2.97. The molecule has 2 nitrogen and oxygen atoms in total.